The molecular weight excluding hydrogens is 144 g/mol. The zero-order valence-electron chi connectivity index (χ0n) is 8.17. The summed E-state index contributed by atoms with van der Waals surface area (Å²) in [4.78, 5) is 0. The van der Waals surface area contributed by atoms with E-state index in [1.54, 1.807) is 0 Å². The molecule has 0 N–H and O–H groups in total. The third-order valence-electron chi connectivity index (χ3n) is 2.72. The quantitative estimate of drug-likeness (QED) is 0.635. The summed E-state index contributed by atoms with van der Waals surface area (Å²) < 4.78 is 0. The smallest absolute Gasteiger partial charge is 0.0146 e. The van der Waals surface area contributed by atoms with E-state index in [0.717, 1.165) is 5.92 Å². The van der Waals surface area contributed by atoms with Gasteiger partial charge in [-0.05, 0) is 23.5 Å². The fourth-order valence-corrected chi connectivity index (χ4v) is 1.35. The lowest BCUT2D eigenvalue weighted by Gasteiger charge is -2.17. The Morgan fingerprint density at radius 2 is 2.08 bits per heavy atom. The molecule has 0 heterocycles. The zero-order valence-corrected chi connectivity index (χ0v) is 8.17. The van der Waals surface area contributed by atoms with Crippen molar-refractivity contribution in [2.45, 2.75) is 33.1 Å². The molecule has 2 unspecified atom stereocenters. The van der Waals surface area contributed by atoms with Crippen LogP contribution in [0.25, 0.3) is 0 Å². The van der Waals surface area contributed by atoms with Crippen LogP contribution in [0.3, 0.4) is 0 Å². The first-order valence-electron chi connectivity index (χ1n) is 4.72. The van der Waals surface area contributed by atoms with Crippen LogP contribution in [-0.4, -0.2) is 0 Å². The molecule has 0 spiro atoms. The van der Waals surface area contributed by atoms with Crippen molar-refractivity contribution in [1.82, 2.24) is 0 Å². The minimum absolute atomic E-state index is 0.635. The Bertz CT molecular complexity index is 213. The highest BCUT2D eigenvalue weighted by Gasteiger charge is 2.11. The molecule has 0 amide bonds. The van der Waals surface area contributed by atoms with Crippen LogP contribution in [0.4, 0.5) is 0 Å². The Hall–Kier alpha value is -0.780. The van der Waals surface area contributed by atoms with E-state index in [-0.39, 0.29) is 0 Å². The second-order valence-corrected chi connectivity index (χ2v) is 3.49. The van der Waals surface area contributed by atoms with Crippen molar-refractivity contribution >= 4 is 0 Å². The van der Waals surface area contributed by atoms with Gasteiger partial charge in [0.15, 0.2) is 0 Å². The summed E-state index contributed by atoms with van der Waals surface area (Å²) in [7, 11) is 0. The third kappa shape index (κ3) is 2.10. The summed E-state index contributed by atoms with van der Waals surface area (Å²) >= 11 is 0. The van der Waals surface area contributed by atoms with Gasteiger partial charge in [-0.1, -0.05) is 51.5 Å². The molecule has 0 aliphatic carbocycles. The van der Waals surface area contributed by atoms with Gasteiger partial charge in [-0.3, -0.25) is 0 Å². The van der Waals surface area contributed by atoms with E-state index in [1.165, 1.54) is 12.0 Å². The fourth-order valence-electron chi connectivity index (χ4n) is 1.35. The SMILES string of the molecule is CCC(C)C(C)c1[c]cccc1. The summed E-state index contributed by atoms with van der Waals surface area (Å²) in [5, 5.41) is 0. The Balaban J connectivity index is 2.71. The van der Waals surface area contributed by atoms with E-state index in [4.69, 9.17) is 0 Å². The van der Waals surface area contributed by atoms with Crippen molar-refractivity contribution in [2.24, 2.45) is 5.92 Å². The fraction of sp³-hybridized carbons (Fsp3) is 0.500. The Labute approximate surface area is 75.6 Å². The summed E-state index contributed by atoms with van der Waals surface area (Å²) in [6, 6.07) is 11.5. The first-order chi connectivity index (χ1) is 5.75. The molecule has 0 heteroatoms. The van der Waals surface area contributed by atoms with Gasteiger partial charge in [0.05, 0.1) is 0 Å². The largest absolute Gasteiger partial charge is 0.0651 e. The Morgan fingerprint density at radius 3 is 2.58 bits per heavy atom. The van der Waals surface area contributed by atoms with E-state index in [1.807, 2.05) is 12.1 Å². The number of hydrogen-bond acceptors (Lipinski definition) is 0. The molecule has 2 atom stereocenters. The standard InChI is InChI=1S/C12H17/c1-4-10(2)11(3)12-8-6-5-7-9-12/h5-8,10-11H,4H2,1-3H3. The average molecular weight is 161 g/mol. The predicted molar refractivity (Wildman–Crippen MR) is 53.1 cm³/mol. The van der Waals surface area contributed by atoms with Gasteiger partial charge >= 0.3 is 0 Å². The van der Waals surface area contributed by atoms with E-state index in [0.29, 0.717) is 5.92 Å². The molecular formula is C12H17. The Morgan fingerprint density at radius 1 is 1.33 bits per heavy atom. The summed E-state index contributed by atoms with van der Waals surface area (Å²) in [6.45, 7) is 6.82. The first kappa shape index (κ1) is 9.31. The van der Waals surface area contributed by atoms with Crippen molar-refractivity contribution in [3.05, 3.63) is 35.9 Å². The molecule has 12 heavy (non-hydrogen) atoms. The van der Waals surface area contributed by atoms with Crippen molar-refractivity contribution < 1.29 is 0 Å². The highest BCUT2D eigenvalue weighted by Crippen LogP contribution is 2.25. The highest BCUT2D eigenvalue weighted by atomic mass is 14.2. The van der Waals surface area contributed by atoms with Gasteiger partial charge < -0.3 is 0 Å². The van der Waals surface area contributed by atoms with Gasteiger partial charge in [-0.25, -0.2) is 0 Å². The monoisotopic (exact) mass is 161 g/mol. The van der Waals surface area contributed by atoms with Crippen LogP contribution >= 0.6 is 0 Å². The lowest BCUT2D eigenvalue weighted by Crippen LogP contribution is -2.04. The van der Waals surface area contributed by atoms with E-state index in [2.05, 4.69) is 39.0 Å². The van der Waals surface area contributed by atoms with Crippen LogP contribution in [0.1, 0.15) is 38.7 Å². The van der Waals surface area contributed by atoms with Crippen LogP contribution in [0, 0.1) is 12.0 Å². The molecule has 65 valence electrons. The third-order valence-corrected chi connectivity index (χ3v) is 2.72. The molecule has 0 aromatic heterocycles. The van der Waals surface area contributed by atoms with Crippen LogP contribution in [0.5, 0.6) is 0 Å². The average Bonchev–Trinajstić information content (AvgIpc) is 2.17. The predicted octanol–water partition coefficient (Wildman–Crippen LogP) is 3.64. The molecule has 1 aromatic carbocycles. The maximum Gasteiger partial charge on any atom is -0.0146 e. The molecule has 0 saturated heterocycles. The molecule has 0 aliphatic rings. The number of rotatable bonds is 3. The lowest BCUT2D eigenvalue weighted by molar-refractivity contribution is 0.473. The number of hydrogen-bond donors (Lipinski definition) is 0. The van der Waals surface area contributed by atoms with Crippen LogP contribution in [0.2, 0.25) is 0 Å². The molecule has 0 bridgehead atoms. The lowest BCUT2D eigenvalue weighted by atomic mass is 9.87. The highest BCUT2D eigenvalue weighted by molar-refractivity contribution is 5.17. The summed E-state index contributed by atoms with van der Waals surface area (Å²) in [6.07, 6.45) is 1.24. The van der Waals surface area contributed by atoms with Gasteiger partial charge in [0.1, 0.15) is 0 Å². The van der Waals surface area contributed by atoms with Crippen molar-refractivity contribution in [3.8, 4) is 0 Å². The minimum atomic E-state index is 0.635. The molecule has 1 aromatic rings. The number of benzene rings is 1. The molecule has 0 saturated carbocycles. The van der Waals surface area contributed by atoms with Crippen molar-refractivity contribution in [2.75, 3.05) is 0 Å². The van der Waals surface area contributed by atoms with Crippen LogP contribution < -0.4 is 0 Å². The zero-order chi connectivity index (χ0) is 8.97. The topological polar surface area (TPSA) is 0 Å². The second kappa shape index (κ2) is 4.30. The van der Waals surface area contributed by atoms with Crippen molar-refractivity contribution in [3.63, 3.8) is 0 Å². The molecule has 1 radical (unpaired) electrons. The maximum absolute atomic E-state index is 3.28. The van der Waals surface area contributed by atoms with E-state index >= 15 is 0 Å². The second-order valence-electron chi connectivity index (χ2n) is 3.49. The van der Waals surface area contributed by atoms with Crippen LogP contribution in [-0.2, 0) is 0 Å². The molecule has 1 rings (SSSR count). The van der Waals surface area contributed by atoms with Gasteiger partial charge in [0.2, 0.25) is 0 Å². The first-order valence-corrected chi connectivity index (χ1v) is 4.72. The van der Waals surface area contributed by atoms with Gasteiger partial charge in [-0.15, -0.1) is 0 Å². The van der Waals surface area contributed by atoms with E-state index < -0.39 is 0 Å². The van der Waals surface area contributed by atoms with Gasteiger partial charge in [-0.2, -0.15) is 0 Å². The van der Waals surface area contributed by atoms with Gasteiger partial charge in [0, 0.05) is 0 Å². The van der Waals surface area contributed by atoms with Crippen molar-refractivity contribution in [1.29, 1.82) is 0 Å². The Kier molecular flexibility index (Phi) is 3.33. The van der Waals surface area contributed by atoms with Gasteiger partial charge in [0.25, 0.3) is 0 Å². The van der Waals surface area contributed by atoms with Crippen LogP contribution in [0.15, 0.2) is 24.3 Å². The molecule has 0 aliphatic heterocycles. The molecule has 0 nitrogen and oxygen atoms in total. The summed E-state index contributed by atoms with van der Waals surface area (Å²) in [5.41, 5.74) is 1.34. The molecule has 0 fully saturated rings. The minimum Gasteiger partial charge on any atom is -0.0651 e. The summed E-state index contributed by atoms with van der Waals surface area (Å²) in [5.74, 6) is 1.39. The maximum atomic E-state index is 3.28. The van der Waals surface area contributed by atoms with E-state index in [9.17, 15) is 0 Å². The normalized spacial score (nSPS) is 15.6.